The smallest absolute Gasteiger partial charge is 1.00 e. The van der Waals surface area contributed by atoms with Crippen molar-refractivity contribution in [2.75, 3.05) is 13.2 Å². The van der Waals surface area contributed by atoms with Crippen molar-refractivity contribution >= 4 is 23.3 Å². The maximum Gasteiger partial charge on any atom is 3.00 e. The number of rotatable bonds is 9. The molecular formula is C30H44AlF2LiN2O3. The SMILES string of the molecule is CC(=O)N[C@@H](Cc1cc(F)cc(F)c1)[C@H](O)CNC1(c2cccc(C(C)(C)C)c2)CCC(=CCO)CC1.[Al+3].[H-].[H-].[H-].[H-].[Li+]. The Bertz CT molecular complexity index is 1110. The fourth-order valence-corrected chi connectivity index (χ4v) is 5.15. The maximum atomic E-state index is 13.8. The average Bonchev–Trinajstić information content (AvgIpc) is 2.82. The van der Waals surface area contributed by atoms with E-state index in [9.17, 15) is 23.8 Å². The second kappa shape index (κ2) is 15.5. The largest absolute Gasteiger partial charge is 3.00 e. The topological polar surface area (TPSA) is 81.6 Å². The molecule has 1 aliphatic rings. The minimum absolute atomic E-state index is 0. The maximum absolute atomic E-state index is 13.8. The van der Waals surface area contributed by atoms with Gasteiger partial charge in [-0.1, -0.05) is 56.7 Å². The number of aliphatic hydroxyl groups excluding tert-OH is 2. The van der Waals surface area contributed by atoms with Gasteiger partial charge in [0, 0.05) is 25.1 Å². The third kappa shape index (κ3) is 10.1. The van der Waals surface area contributed by atoms with Crippen LogP contribution in [0, 0.1) is 11.6 Å². The molecule has 39 heavy (non-hydrogen) atoms. The Hall–Kier alpha value is -1.48. The first kappa shape index (κ1) is 35.5. The van der Waals surface area contributed by atoms with E-state index in [2.05, 4.69) is 55.7 Å². The molecule has 2 aromatic carbocycles. The molecule has 0 bridgehead atoms. The van der Waals surface area contributed by atoms with E-state index in [4.69, 9.17) is 0 Å². The van der Waals surface area contributed by atoms with Crippen LogP contribution in [-0.2, 0) is 22.2 Å². The molecule has 0 unspecified atom stereocenters. The molecule has 0 aliphatic heterocycles. The molecule has 1 saturated carbocycles. The molecule has 3 rings (SSSR count). The number of allylic oxidation sites excluding steroid dienone is 1. The van der Waals surface area contributed by atoms with Crippen LogP contribution in [0.15, 0.2) is 54.1 Å². The molecule has 0 aromatic heterocycles. The van der Waals surface area contributed by atoms with E-state index >= 15 is 0 Å². The summed E-state index contributed by atoms with van der Waals surface area (Å²) in [4.78, 5) is 11.9. The number of carbonyl (C=O) groups excluding carboxylic acids is 1. The summed E-state index contributed by atoms with van der Waals surface area (Å²) in [7, 11) is 0. The molecule has 2 aromatic rings. The summed E-state index contributed by atoms with van der Waals surface area (Å²) in [6.45, 7) is 8.08. The van der Waals surface area contributed by atoms with Crippen molar-refractivity contribution in [3.05, 3.63) is 82.4 Å². The number of carbonyl (C=O) groups is 1. The minimum Gasteiger partial charge on any atom is -1.00 e. The van der Waals surface area contributed by atoms with E-state index in [-0.39, 0.29) is 72.8 Å². The van der Waals surface area contributed by atoms with Gasteiger partial charge in [0.15, 0.2) is 0 Å². The molecule has 1 aliphatic carbocycles. The van der Waals surface area contributed by atoms with Crippen molar-refractivity contribution in [1.82, 2.24) is 10.6 Å². The summed E-state index contributed by atoms with van der Waals surface area (Å²) >= 11 is 0. The van der Waals surface area contributed by atoms with Crippen molar-refractivity contribution in [3.63, 3.8) is 0 Å². The second-order valence-corrected chi connectivity index (χ2v) is 11.2. The molecule has 5 nitrogen and oxygen atoms in total. The van der Waals surface area contributed by atoms with Crippen LogP contribution in [-0.4, -0.2) is 58.8 Å². The van der Waals surface area contributed by atoms with Crippen LogP contribution in [0.3, 0.4) is 0 Å². The molecule has 2 atom stereocenters. The fraction of sp³-hybridized carbons (Fsp3) is 0.500. The van der Waals surface area contributed by atoms with Crippen LogP contribution in [0.4, 0.5) is 8.78 Å². The number of hydrogen-bond acceptors (Lipinski definition) is 4. The summed E-state index contributed by atoms with van der Waals surface area (Å²) in [5.41, 5.74) is 3.51. The van der Waals surface area contributed by atoms with E-state index in [1.54, 1.807) is 0 Å². The van der Waals surface area contributed by atoms with Gasteiger partial charge in [-0.05, 0) is 66.3 Å². The molecule has 0 heterocycles. The summed E-state index contributed by atoms with van der Waals surface area (Å²) in [6.07, 6.45) is 4.19. The quantitative estimate of drug-likeness (QED) is 0.282. The van der Waals surface area contributed by atoms with Crippen LogP contribution >= 0.6 is 0 Å². The van der Waals surface area contributed by atoms with Gasteiger partial charge in [-0.25, -0.2) is 8.78 Å². The Kier molecular flexibility index (Phi) is 14.1. The van der Waals surface area contributed by atoms with E-state index in [1.165, 1.54) is 30.2 Å². The van der Waals surface area contributed by atoms with Crippen molar-refractivity contribution in [2.45, 2.75) is 82.9 Å². The van der Waals surface area contributed by atoms with Gasteiger partial charge in [-0.15, -0.1) is 0 Å². The van der Waals surface area contributed by atoms with E-state index in [0.717, 1.165) is 37.3 Å². The second-order valence-electron chi connectivity index (χ2n) is 11.2. The summed E-state index contributed by atoms with van der Waals surface area (Å²) < 4.78 is 27.5. The Balaban J connectivity index is -0.00000127. The Labute approximate surface area is 260 Å². The predicted octanol–water partition coefficient (Wildman–Crippen LogP) is 1.72. The third-order valence-corrected chi connectivity index (χ3v) is 7.29. The summed E-state index contributed by atoms with van der Waals surface area (Å²) in [5.74, 6) is -1.73. The molecule has 4 N–H and O–H groups in total. The van der Waals surface area contributed by atoms with Crippen molar-refractivity contribution in [2.24, 2.45) is 0 Å². The van der Waals surface area contributed by atoms with Gasteiger partial charge in [0.1, 0.15) is 11.6 Å². The molecule has 1 amide bonds. The van der Waals surface area contributed by atoms with Crippen LogP contribution < -0.4 is 29.5 Å². The first-order chi connectivity index (χ1) is 17.4. The van der Waals surface area contributed by atoms with Gasteiger partial charge in [-0.3, -0.25) is 4.79 Å². The fourth-order valence-electron chi connectivity index (χ4n) is 5.15. The monoisotopic (exact) mass is 552 g/mol. The number of nitrogens with one attached hydrogen (secondary N) is 2. The van der Waals surface area contributed by atoms with Gasteiger partial charge in [0.2, 0.25) is 5.91 Å². The molecule has 0 spiro atoms. The Morgan fingerprint density at radius 2 is 1.74 bits per heavy atom. The minimum atomic E-state index is -0.993. The molecule has 9 heteroatoms. The Morgan fingerprint density at radius 1 is 1.13 bits per heavy atom. The van der Waals surface area contributed by atoms with Gasteiger partial charge in [-0.2, -0.15) is 0 Å². The molecule has 0 radical (unpaired) electrons. The van der Waals surface area contributed by atoms with Gasteiger partial charge in [0.25, 0.3) is 0 Å². The Morgan fingerprint density at radius 3 is 2.28 bits per heavy atom. The number of aliphatic hydroxyl groups is 2. The van der Waals surface area contributed by atoms with Crippen LogP contribution in [0.1, 0.15) is 75.8 Å². The third-order valence-electron chi connectivity index (χ3n) is 7.29. The molecule has 1 fully saturated rings. The van der Waals surface area contributed by atoms with Crippen LogP contribution in [0.5, 0.6) is 0 Å². The average molecular weight is 553 g/mol. The normalized spacial score (nSPS) is 18.8. The zero-order valence-corrected chi connectivity index (χ0v) is 25.0. The first-order valence-corrected chi connectivity index (χ1v) is 13.0. The molecule has 210 valence electrons. The number of benzene rings is 2. The van der Waals surface area contributed by atoms with E-state index in [0.29, 0.717) is 5.56 Å². The van der Waals surface area contributed by atoms with Gasteiger partial charge < -0.3 is 26.6 Å². The van der Waals surface area contributed by atoms with Gasteiger partial charge >= 0.3 is 36.2 Å². The van der Waals surface area contributed by atoms with E-state index < -0.39 is 29.3 Å². The number of amides is 1. The van der Waals surface area contributed by atoms with Crippen molar-refractivity contribution in [3.8, 4) is 0 Å². The van der Waals surface area contributed by atoms with Crippen molar-refractivity contribution < 1.29 is 48.4 Å². The summed E-state index contributed by atoms with van der Waals surface area (Å²) in [5, 5.41) is 26.9. The number of halogens is 2. The zero-order valence-electron chi connectivity index (χ0n) is 27.9. The van der Waals surface area contributed by atoms with Crippen molar-refractivity contribution in [1.29, 1.82) is 0 Å². The first-order valence-electron chi connectivity index (χ1n) is 13.0. The zero-order chi connectivity index (χ0) is 27.2. The standard InChI is InChI=1S/C30H40F2N2O3.Al.Li.4H/c1-20(36)34-27(16-22-14-25(31)18-26(32)15-22)28(37)19-33-30(11-8-21(9-12-30)10-13-35)24-7-5-6-23(17-24)29(2,3)4;;;;;;/h5-7,10,14-15,17-18,27-28,33,35,37H,8-9,11-13,16,19H2,1-4H3,(H,34,36);;;;;;/q;+3;+1;4*-1/t27-,28+,30?;;;;;;/m0....../s1. The summed E-state index contributed by atoms with van der Waals surface area (Å²) in [6, 6.07) is 11.0. The van der Waals surface area contributed by atoms with Crippen LogP contribution in [0.2, 0.25) is 0 Å². The molecule has 0 saturated heterocycles. The van der Waals surface area contributed by atoms with Gasteiger partial charge in [0.05, 0.1) is 18.8 Å². The molecular weight excluding hydrogens is 508 g/mol. The predicted molar refractivity (Wildman–Crippen MR) is 152 cm³/mol. The van der Waals surface area contributed by atoms with Crippen LogP contribution in [0.25, 0.3) is 0 Å². The van der Waals surface area contributed by atoms with E-state index in [1.807, 2.05) is 6.08 Å². The number of hydrogen-bond donors (Lipinski definition) is 4.